The lowest BCUT2D eigenvalue weighted by atomic mass is 10.0. The summed E-state index contributed by atoms with van der Waals surface area (Å²) in [6, 6.07) is 4.96. The minimum absolute atomic E-state index is 0.0990. The summed E-state index contributed by atoms with van der Waals surface area (Å²) in [6.07, 6.45) is 6.79. The summed E-state index contributed by atoms with van der Waals surface area (Å²) in [5.74, 6) is 2.35. The van der Waals surface area contributed by atoms with Gasteiger partial charge >= 0.3 is 0 Å². The van der Waals surface area contributed by atoms with Gasteiger partial charge in [0, 0.05) is 22.5 Å². The Balaban J connectivity index is 2.88. The van der Waals surface area contributed by atoms with Gasteiger partial charge in [-0.1, -0.05) is 28.9 Å². The summed E-state index contributed by atoms with van der Waals surface area (Å²) in [6.45, 7) is 2.90. The zero-order valence-electron chi connectivity index (χ0n) is 9.26. The van der Waals surface area contributed by atoms with Crippen LogP contribution in [0.25, 0.3) is 0 Å². The van der Waals surface area contributed by atoms with Gasteiger partial charge in [0.25, 0.3) is 0 Å². The standard InChI is InChI=1S/C13H15BrFN/c1-3-5-13(16-8-4-2)11-7-6-10(14)9-12(11)15/h1,6-7,9,13,16H,4-5,8H2,2H3. The predicted octanol–water partition coefficient (Wildman–Crippen LogP) is 3.65. The molecule has 0 fully saturated rings. The number of benzene rings is 1. The van der Waals surface area contributed by atoms with E-state index in [-0.39, 0.29) is 11.9 Å². The van der Waals surface area contributed by atoms with Crippen LogP contribution in [0.2, 0.25) is 0 Å². The highest BCUT2D eigenvalue weighted by atomic mass is 79.9. The van der Waals surface area contributed by atoms with Crippen LogP contribution in [0.4, 0.5) is 4.39 Å². The quantitative estimate of drug-likeness (QED) is 0.814. The first-order valence-corrected chi connectivity index (χ1v) is 6.10. The fourth-order valence-electron chi connectivity index (χ4n) is 1.51. The lowest BCUT2D eigenvalue weighted by Crippen LogP contribution is -2.22. The molecular weight excluding hydrogens is 269 g/mol. The van der Waals surface area contributed by atoms with Crippen molar-refractivity contribution in [2.75, 3.05) is 6.54 Å². The van der Waals surface area contributed by atoms with Gasteiger partial charge < -0.3 is 5.32 Å². The minimum Gasteiger partial charge on any atom is -0.309 e. The SMILES string of the molecule is C#CCC(NCCC)c1ccc(Br)cc1F. The number of terminal acetylenes is 1. The first kappa shape index (κ1) is 13.2. The molecule has 86 valence electrons. The molecule has 1 N–H and O–H groups in total. The molecule has 0 radical (unpaired) electrons. The van der Waals surface area contributed by atoms with Crippen LogP contribution in [0.3, 0.4) is 0 Å². The normalized spacial score (nSPS) is 12.1. The Morgan fingerprint density at radius 2 is 2.31 bits per heavy atom. The van der Waals surface area contributed by atoms with Gasteiger partial charge in [-0.25, -0.2) is 4.39 Å². The van der Waals surface area contributed by atoms with E-state index >= 15 is 0 Å². The van der Waals surface area contributed by atoms with Crippen molar-refractivity contribution in [1.29, 1.82) is 0 Å². The van der Waals surface area contributed by atoms with Gasteiger partial charge in [0.2, 0.25) is 0 Å². The van der Waals surface area contributed by atoms with Crippen LogP contribution >= 0.6 is 15.9 Å². The highest BCUT2D eigenvalue weighted by Gasteiger charge is 2.13. The molecule has 1 aromatic rings. The van der Waals surface area contributed by atoms with Gasteiger partial charge in [-0.3, -0.25) is 0 Å². The Hall–Kier alpha value is -0.850. The second-order valence-electron chi connectivity index (χ2n) is 3.58. The summed E-state index contributed by atoms with van der Waals surface area (Å²) in [4.78, 5) is 0. The molecular formula is C13H15BrFN. The zero-order valence-corrected chi connectivity index (χ0v) is 10.8. The maximum Gasteiger partial charge on any atom is 0.129 e. The number of hydrogen-bond acceptors (Lipinski definition) is 1. The lowest BCUT2D eigenvalue weighted by molar-refractivity contribution is 0.507. The first-order chi connectivity index (χ1) is 7.69. The molecule has 0 aliphatic heterocycles. The monoisotopic (exact) mass is 283 g/mol. The van der Waals surface area contributed by atoms with Crippen molar-refractivity contribution in [2.24, 2.45) is 0 Å². The molecule has 16 heavy (non-hydrogen) atoms. The molecule has 0 saturated carbocycles. The van der Waals surface area contributed by atoms with Crippen molar-refractivity contribution in [3.05, 3.63) is 34.1 Å². The molecule has 0 saturated heterocycles. The third-order valence-electron chi connectivity index (χ3n) is 2.30. The molecule has 1 rings (SSSR count). The maximum absolute atomic E-state index is 13.7. The predicted molar refractivity (Wildman–Crippen MR) is 68.6 cm³/mol. The highest BCUT2D eigenvalue weighted by Crippen LogP contribution is 2.23. The van der Waals surface area contributed by atoms with Gasteiger partial charge in [0.05, 0.1) is 0 Å². The maximum atomic E-state index is 13.7. The Kier molecular flexibility index (Phi) is 5.51. The molecule has 0 amide bonds. The fraction of sp³-hybridized carbons (Fsp3) is 0.385. The molecule has 1 nitrogen and oxygen atoms in total. The third-order valence-corrected chi connectivity index (χ3v) is 2.79. The van der Waals surface area contributed by atoms with E-state index < -0.39 is 0 Å². The molecule has 1 atom stereocenters. The van der Waals surface area contributed by atoms with E-state index in [2.05, 4.69) is 34.1 Å². The Morgan fingerprint density at radius 3 is 2.88 bits per heavy atom. The molecule has 0 bridgehead atoms. The van der Waals surface area contributed by atoms with Crippen molar-refractivity contribution in [3.8, 4) is 12.3 Å². The first-order valence-electron chi connectivity index (χ1n) is 5.30. The number of nitrogens with one attached hydrogen (secondary N) is 1. The second kappa shape index (κ2) is 6.67. The molecule has 0 spiro atoms. The van der Waals surface area contributed by atoms with E-state index in [1.165, 1.54) is 6.07 Å². The number of rotatable bonds is 5. The van der Waals surface area contributed by atoms with Crippen LogP contribution in [0.5, 0.6) is 0 Å². The van der Waals surface area contributed by atoms with Crippen LogP contribution in [0, 0.1) is 18.2 Å². The van der Waals surface area contributed by atoms with Gasteiger partial charge in [0.1, 0.15) is 5.82 Å². The lowest BCUT2D eigenvalue weighted by Gasteiger charge is -2.17. The molecule has 0 aliphatic rings. The van der Waals surface area contributed by atoms with E-state index in [0.717, 1.165) is 17.4 Å². The molecule has 0 aromatic heterocycles. The fourth-order valence-corrected chi connectivity index (χ4v) is 1.85. The summed E-state index contributed by atoms with van der Waals surface area (Å²) >= 11 is 3.24. The van der Waals surface area contributed by atoms with Crippen LogP contribution in [0.15, 0.2) is 22.7 Å². The topological polar surface area (TPSA) is 12.0 Å². The van der Waals surface area contributed by atoms with Crippen molar-refractivity contribution in [1.82, 2.24) is 5.32 Å². The molecule has 3 heteroatoms. The number of hydrogen-bond donors (Lipinski definition) is 1. The van der Waals surface area contributed by atoms with E-state index in [0.29, 0.717) is 12.0 Å². The number of halogens is 2. The van der Waals surface area contributed by atoms with E-state index in [1.807, 2.05) is 6.07 Å². The summed E-state index contributed by atoms with van der Waals surface area (Å²) in [7, 11) is 0. The van der Waals surface area contributed by atoms with Gasteiger partial charge in [0.15, 0.2) is 0 Å². The average molecular weight is 284 g/mol. The van der Waals surface area contributed by atoms with Crippen LogP contribution in [-0.4, -0.2) is 6.54 Å². The Bertz CT molecular complexity index is 384. The summed E-state index contributed by atoms with van der Waals surface area (Å²) < 4.78 is 14.5. The smallest absolute Gasteiger partial charge is 0.129 e. The van der Waals surface area contributed by atoms with Gasteiger partial charge in [-0.15, -0.1) is 12.3 Å². The van der Waals surface area contributed by atoms with Gasteiger partial charge in [-0.05, 0) is 25.1 Å². The average Bonchev–Trinajstić information content (AvgIpc) is 2.25. The van der Waals surface area contributed by atoms with Crippen molar-refractivity contribution >= 4 is 15.9 Å². The van der Waals surface area contributed by atoms with Crippen molar-refractivity contribution < 1.29 is 4.39 Å². The van der Waals surface area contributed by atoms with Crippen molar-refractivity contribution in [2.45, 2.75) is 25.8 Å². The molecule has 1 unspecified atom stereocenters. The zero-order chi connectivity index (χ0) is 12.0. The molecule has 1 aromatic carbocycles. The van der Waals surface area contributed by atoms with E-state index in [1.54, 1.807) is 6.07 Å². The van der Waals surface area contributed by atoms with Gasteiger partial charge in [-0.2, -0.15) is 0 Å². The minimum atomic E-state index is -0.224. The third kappa shape index (κ3) is 3.62. The molecule has 0 aliphatic carbocycles. The Labute approximate surface area is 105 Å². The van der Waals surface area contributed by atoms with Crippen LogP contribution in [-0.2, 0) is 0 Å². The summed E-state index contributed by atoms with van der Waals surface area (Å²) in [5.41, 5.74) is 0.634. The largest absolute Gasteiger partial charge is 0.309 e. The van der Waals surface area contributed by atoms with E-state index in [4.69, 9.17) is 6.42 Å². The van der Waals surface area contributed by atoms with Crippen LogP contribution < -0.4 is 5.32 Å². The Morgan fingerprint density at radius 1 is 1.56 bits per heavy atom. The van der Waals surface area contributed by atoms with Crippen molar-refractivity contribution in [3.63, 3.8) is 0 Å². The highest BCUT2D eigenvalue weighted by molar-refractivity contribution is 9.10. The summed E-state index contributed by atoms with van der Waals surface area (Å²) in [5, 5.41) is 3.25. The van der Waals surface area contributed by atoms with Crippen LogP contribution in [0.1, 0.15) is 31.4 Å². The van der Waals surface area contributed by atoms with E-state index in [9.17, 15) is 4.39 Å². The second-order valence-corrected chi connectivity index (χ2v) is 4.50. The molecule has 0 heterocycles.